The van der Waals surface area contributed by atoms with E-state index in [1.54, 1.807) is 13.8 Å². The van der Waals surface area contributed by atoms with Crippen LogP contribution in [0, 0.1) is 0 Å². The molecule has 0 saturated carbocycles. The van der Waals surface area contributed by atoms with Crippen LogP contribution >= 0.6 is 0 Å². The Bertz CT molecular complexity index is 69.7. The van der Waals surface area contributed by atoms with E-state index in [1.165, 1.54) is 6.42 Å². The molecule has 0 aromatic rings. The molecule has 0 rings (SSSR count). The van der Waals surface area contributed by atoms with Gasteiger partial charge in [-0.25, -0.2) is 0 Å². The summed E-state index contributed by atoms with van der Waals surface area (Å²) in [5.41, 5.74) is 0. The van der Waals surface area contributed by atoms with Gasteiger partial charge in [-0.1, -0.05) is 27.2 Å². The third kappa shape index (κ3) is 15.6. The second-order valence-corrected chi connectivity index (χ2v) is 1.87. The Labute approximate surface area is 63.6 Å². The van der Waals surface area contributed by atoms with E-state index in [-0.39, 0.29) is 5.97 Å². The maximum Gasteiger partial charge on any atom is 0.305 e. The van der Waals surface area contributed by atoms with Gasteiger partial charge in [0, 0.05) is 6.42 Å². The highest BCUT2D eigenvalue weighted by Crippen LogP contribution is 1.80. The third-order valence-corrected chi connectivity index (χ3v) is 0.594. The Kier molecular flexibility index (Phi) is 13.7. The van der Waals surface area contributed by atoms with E-state index in [0.717, 1.165) is 0 Å². The molecule has 10 heavy (non-hydrogen) atoms. The average molecular weight is 146 g/mol. The zero-order chi connectivity index (χ0) is 8.41. The predicted molar refractivity (Wildman–Crippen MR) is 42.9 cm³/mol. The number of ether oxygens (including phenoxy) is 1. The van der Waals surface area contributed by atoms with Crippen LogP contribution in [0.5, 0.6) is 0 Å². The van der Waals surface area contributed by atoms with Crippen molar-refractivity contribution in [2.45, 2.75) is 40.5 Å². The molecular formula is C8H18O2. The van der Waals surface area contributed by atoms with Crippen LogP contribution in [0.25, 0.3) is 0 Å². The van der Waals surface area contributed by atoms with Crippen molar-refractivity contribution in [3.63, 3.8) is 0 Å². The lowest BCUT2D eigenvalue weighted by Gasteiger charge is -1.93. The van der Waals surface area contributed by atoms with Gasteiger partial charge < -0.3 is 4.74 Å². The van der Waals surface area contributed by atoms with Crippen LogP contribution in [0.1, 0.15) is 40.5 Å². The highest BCUT2D eigenvalue weighted by atomic mass is 16.5. The Morgan fingerprint density at radius 1 is 1.20 bits per heavy atom. The second kappa shape index (κ2) is 11.3. The molecule has 0 aromatic carbocycles. The summed E-state index contributed by atoms with van der Waals surface area (Å²) in [7, 11) is 0. The Morgan fingerprint density at radius 3 is 1.70 bits per heavy atom. The maximum atomic E-state index is 10.2. The number of hydrogen-bond acceptors (Lipinski definition) is 2. The molecule has 0 saturated heterocycles. The fourth-order valence-corrected chi connectivity index (χ4v) is 0.263. The van der Waals surface area contributed by atoms with Gasteiger partial charge in [-0.05, 0) is 6.92 Å². The van der Waals surface area contributed by atoms with Crippen LogP contribution in [0.4, 0.5) is 0 Å². The van der Waals surface area contributed by atoms with Crippen LogP contribution in [0.3, 0.4) is 0 Å². The lowest BCUT2D eigenvalue weighted by molar-refractivity contribution is -0.142. The van der Waals surface area contributed by atoms with Crippen molar-refractivity contribution in [2.75, 3.05) is 6.61 Å². The molecule has 0 amide bonds. The van der Waals surface area contributed by atoms with E-state index in [4.69, 9.17) is 0 Å². The van der Waals surface area contributed by atoms with Gasteiger partial charge in [0.25, 0.3) is 0 Å². The average Bonchev–Trinajstić information content (AvgIpc) is 1.90. The largest absolute Gasteiger partial charge is 0.466 e. The first-order chi connectivity index (χ1) is 4.72. The van der Waals surface area contributed by atoms with E-state index in [0.29, 0.717) is 13.0 Å². The first-order valence-electron chi connectivity index (χ1n) is 3.88. The van der Waals surface area contributed by atoms with Gasteiger partial charge in [0.1, 0.15) is 0 Å². The van der Waals surface area contributed by atoms with E-state index in [1.807, 2.05) is 0 Å². The molecule has 2 heteroatoms. The fraction of sp³-hybridized carbons (Fsp3) is 0.875. The van der Waals surface area contributed by atoms with Crippen molar-refractivity contribution in [1.29, 1.82) is 0 Å². The SMILES string of the molecule is CCC.CCOC(=O)CC. The van der Waals surface area contributed by atoms with Crippen molar-refractivity contribution >= 4 is 5.97 Å². The van der Waals surface area contributed by atoms with Crippen molar-refractivity contribution in [3.05, 3.63) is 0 Å². The topological polar surface area (TPSA) is 26.3 Å². The van der Waals surface area contributed by atoms with Crippen LogP contribution < -0.4 is 0 Å². The van der Waals surface area contributed by atoms with Crippen LogP contribution in [0.15, 0.2) is 0 Å². The van der Waals surface area contributed by atoms with Crippen molar-refractivity contribution in [2.24, 2.45) is 0 Å². The number of hydrogen-bond donors (Lipinski definition) is 0. The standard InChI is InChI=1S/C5H10O2.C3H8/c1-3-5(6)7-4-2;1-3-2/h3-4H2,1-2H3;3H2,1-2H3. The van der Waals surface area contributed by atoms with Crippen molar-refractivity contribution in [1.82, 2.24) is 0 Å². The normalized spacial score (nSPS) is 7.60. The molecule has 62 valence electrons. The van der Waals surface area contributed by atoms with E-state index >= 15 is 0 Å². The van der Waals surface area contributed by atoms with Crippen LogP contribution in [0.2, 0.25) is 0 Å². The molecule has 0 aliphatic heterocycles. The minimum absolute atomic E-state index is 0.123. The van der Waals surface area contributed by atoms with E-state index < -0.39 is 0 Å². The van der Waals surface area contributed by atoms with Crippen molar-refractivity contribution < 1.29 is 9.53 Å². The summed E-state index contributed by atoms with van der Waals surface area (Å²) in [6.45, 7) is 8.32. The molecule has 0 fully saturated rings. The predicted octanol–water partition coefficient (Wildman–Crippen LogP) is 2.38. The lowest BCUT2D eigenvalue weighted by Crippen LogP contribution is -2.00. The fourth-order valence-electron chi connectivity index (χ4n) is 0.263. The first kappa shape index (κ1) is 12.2. The van der Waals surface area contributed by atoms with E-state index in [9.17, 15) is 4.79 Å². The monoisotopic (exact) mass is 146 g/mol. The van der Waals surface area contributed by atoms with Crippen molar-refractivity contribution in [3.8, 4) is 0 Å². The highest BCUT2D eigenvalue weighted by molar-refractivity contribution is 5.68. The molecule has 0 aromatic heterocycles. The summed E-state index contributed by atoms with van der Waals surface area (Å²) >= 11 is 0. The zero-order valence-corrected chi connectivity index (χ0v) is 7.44. The summed E-state index contributed by atoms with van der Waals surface area (Å²) in [5.74, 6) is -0.123. The number of rotatable bonds is 2. The molecule has 0 spiro atoms. The maximum absolute atomic E-state index is 10.2. The quantitative estimate of drug-likeness (QED) is 0.559. The zero-order valence-electron chi connectivity index (χ0n) is 7.44. The minimum Gasteiger partial charge on any atom is -0.466 e. The highest BCUT2D eigenvalue weighted by Gasteiger charge is 1.91. The van der Waals surface area contributed by atoms with Gasteiger partial charge in [-0.15, -0.1) is 0 Å². The van der Waals surface area contributed by atoms with Gasteiger partial charge >= 0.3 is 5.97 Å². The summed E-state index contributed by atoms with van der Waals surface area (Å²) in [6.07, 6.45) is 1.73. The molecule has 0 bridgehead atoms. The van der Waals surface area contributed by atoms with Gasteiger partial charge in [0.2, 0.25) is 0 Å². The first-order valence-corrected chi connectivity index (χ1v) is 3.88. The molecule has 0 aliphatic carbocycles. The van der Waals surface area contributed by atoms with Gasteiger partial charge in [0.05, 0.1) is 6.61 Å². The number of esters is 1. The molecule has 0 atom stereocenters. The Hall–Kier alpha value is -0.530. The summed E-state index contributed by atoms with van der Waals surface area (Å²) in [6, 6.07) is 0. The molecule has 0 aliphatic rings. The third-order valence-electron chi connectivity index (χ3n) is 0.594. The second-order valence-electron chi connectivity index (χ2n) is 1.87. The Morgan fingerprint density at radius 2 is 1.60 bits per heavy atom. The number of carbonyl (C=O) groups is 1. The molecule has 0 N–H and O–H groups in total. The molecule has 2 nitrogen and oxygen atoms in total. The van der Waals surface area contributed by atoms with Gasteiger partial charge in [0.15, 0.2) is 0 Å². The van der Waals surface area contributed by atoms with Crippen LogP contribution in [-0.2, 0) is 9.53 Å². The molecular weight excluding hydrogens is 128 g/mol. The molecule has 0 heterocycles. The molecule has 0 unspecified atom stereocenters. The lowest BCUT2D eigenvalue weighted by atomic mass is 10.5. The smallest absolute Gasteiger partial charge is 0.305 e. The van der Waals surface area contributed by atoms with Gasteiger partial charge in [-0.3, -0.25) is 4.79 Å². The minimum atomic E-state index is -0.123. The number of carbonyl (C=O) groups excluding carboxylic acids is 1. The summed E-state index contributed by atoms with van der Waals surface area (Å²) in [4.78, 5) is 10.2. The molecule has 0 radical (unpaired) electrons. The van der Waals surface area contributed by atoms with Gasteiger partial charge in [-0.2, -0.15) is 0 Å². The van der Waals surface area contributed by atoms with E-state index in [2.05, 4.69) is 18.6 Å². The summed E-state index contributed by atoms with van der Waals surface area (Å²) < 4.78 is 4.55. The van der Waals surface area contributed by atoms with Crippen LogP contribution in [-0.4, -0.2) is 12.6 Å². The Balaban J connectivity index is 0. The summed E-state index contributed by atoms with van der Waals surface area (Å²) in [5, 5.41) is 0.